The largest absolute Gasteiger partial charge is 0.382 e. The molecule has 0 aromatic heterocycles. The molecule has 3 amide bonds. The molecule has 112 valence electrons. The van der Waals surface area contributed by atoms with Crippen LogP contribution in [-0.2, 0) is 4.79 Å². The molecule has 2 heterocycles. The first-order valence-electron chi connectivity index (χ1n) is 6.34. The van der Waals surface area contributed by atoms with Crippen molar-refractivity contribution < 1.29 is 14.4 Å². The van der Waals surface area contributed by atoms with Gasteiger partial charge in [-0.1, -0.05) is 23.9 Å². The van der Waals surface area contributed by atoms with Crippen LogP contribution < -0.4 is 0 Å². The standard InChI is InChI=1S/C14H11N3O3S2/c1-15(2)7-10-13(20)17(14(21)22-10)16-11(18)8-5-3-4-6-9(8)12(16)19/h3-7H,1-2H3/b10-7-. The predicted octanol–water partition coefficient (Wildman–Crippen LogP) is 1.46. The van der Waals surface area contributed by atoms with Gasteiger partial charge in [-0.05, 0) is 24.4 Å². The molecule has 0 radical (unpaired) electrons. The molecule has 8 heteroatoms. The summed E-state index contributed by atoms with van der Waals surface area (Å²) >= 11 is 6.22. The predicted molar refractivity (Wildman–Crippen MR) is 85.7 cm³/mol. The fourth-order valence-corrected chi connectivity index (χ4v) is 3.53. The summed E-state index contributed by atoms with van der Waals surface area (Å²) in [5.74, 6) is -1.55. The van der Waals surface area contributed by atoms with E-state index in [1.54, 1.807) is 49.5 Å². The van der Waals surface area contributed by atoms with Gasteiger partial charge in [0.1, 0.15) is 0 Å². The van der Waals surface area contributed by atoms with Crippen LogP contribution in [0.4, 0.5) is 0 Å². The van der Waals surface area contributed by atoms with Gasteiger partial charge in [0.25, 0.3) is 17.7 Å². The summed E-state index contributed by atoms with van der Waals surface area (Å²) in [6.07, 6.45) is 1.61. The van der Waals surface area contributed by atoms with Crippen molar-refractivity contribution in [2.75, 3.05) is 14.1 Å². The number of rotatable bonds is 2. The van der Waals surface area contributed by atoms with E-state index >= 15 is 0 Å². The number of benzene rings is 1. The number of nitrogens with zero attached hydrogens (tertiary/aromatic N) is 3. The van der Waals surface area contributed by atoms with Crippen LogP contribution in [-0.4, -0.2) is 51.1 Å². The summed E-state index contributed by atoms with van der Waals surface area (Å²) in [6.45, 7) is 0. The van der Waals surface area contributed by atoms with Crippen LogP contribution in [0.1, 0.15) is 20.7 Å². The van der Waals surface area contributed by atoms with Crippen LogP contribution in [0.25, 0.3) is 0 Å². The minimum atomic E-state index is -0.539. The van der Waals surface area contributed by atoms with Gasteiger partial charge >= 0.3 is 0 Å². The van der Waals surface area contributed by atoms with E-state index in [4.69, 9.17) is 12.2 Å². The summed E-state index contributed by atoms with van der Waals surface area (Å²) in [7, 11) is 3.54. The first-order valence-corrected chi connectivity index (χ1v) is 7.56. The van der Waals surface area contributed by atoms with Crippen molar-refractivity contribution >= 4 is 46.0 Å². The zero-order chi connectivity index (χ0) is 16.0. The topological polar surface area (TPSA) is 60.9 Å². The number of imide groups is 1. The number of hydrazine groups is 1. The third-order valence-corrected chi connectivity index (χ3v) is 4.39. The fourth-order valence-electron chi connectivity index (χ4n) is 2.21. The van der Waals surface area contributed by atoms with Crippen molar-refractivity contribution in [3.05, 3.63) is 46.5 Å². The quantitative estimate of drug-likeness (QED) is 0.464. The van der Waals surface area contributed by atoms with E-state index in [1.807, 2.05) is 0 Å². The molecule has 0 unspecified atom stereocenters. The number of hydrogen-bond acceptors (Lipinski definition) is 6. The van der Waals surface area contributed by atoms with Gasteiger partial charge in [0.15, 0.2) is 4.32 Å². The Kier molecular flexibility index (Phi) is 3.50. The maximum atomic E-state index is 12.5. The van der Waals surface area contributed by atoms with Crippen molar-refractivity contribution in [1.82, 2.24) is 14.9 Å². The smallest absolute Gasteiger partial charge is 0.287 e. The monoisotopic (exact) mass is 333 g/mol. The highest BCUT2D eigenvalue weighted by Gasteiger charge is 2.46. The molecule has 1 fully saturated rings. The number of thioether (sulfide) groups is 1. The molecule has 3 rings (SSSR count). The maximum Gasteiger partial charge on any atom is 0.287 e. The number of hydrogen-bond donors (Lipinski definition) is 0. The van der Waals surface area contributed by atoms with Crippen molar-refractivity contribution in [1.29, 1.82) is 0 Å². The third kappa shape index (κ3) is 2.11. The molecule has 0 N–H and O–H groups in total. The van der Waals surface area contributed by atoms with Crippen molar-refractivity contribution in [2.45, 2.75) is 0 Å². The van der Waals surface area contributed by atoms with E-state index in [2.05, 4.69) is 0 Å². The first-order chi connectivity index (χ1) is 10.4. The molecule has 0 spiro atoms. The van der Waals surface area contributed by atoms with Gasteiger partial charge in [0.2, 0.25) is 0 Å². The molecule has 1 aromatic carbocycles. The Bertz CT molecular complexity index is 722. The average molecular weight is 333 g/mol. The molecular formula is C14H11N3O3S2. The first kappa shape index (κ1) is 14.7. The molecule has 2 aliphatic heterocycles. The van der Waals surface area contributed by atoms with Gasteiger partial charge < -0.3 is 4.90 Å². The fraction of sp³-hybridized carbons (Fsp3) is 0.143. The third-order valence-electron chi connectivity index (χ3n) is 3.12. The van der Waals surface area contributed by atoms with Crippen molar-refractivity contribution in [3.8, 4) is 0 Å². The number of carbonyl (C=O) groups is 3. The second-order valence-corrected chi connectivity index (χ2v) is 6.59. The highest BCUT2D eigenvalue weighted by atomic mass is 32.2. The van der Waals surface area contributed by atoms with E-state index < -0.39 is 17.7 Å². The summed E-state index contributed by atoms with van der Waals surface area (Å²) in [4.78, 5) is 39.4. The zero-order valence-electron chi connectivity index (χ0n) is 11.8. The molecule has 0 atom stereocenters. The molecule has 1 saturated heterocycles. The molecule has 1 aromatic rings. The molecular weight excluding hydrogens is 322 g/mol. The zero-order valence-corrected chi connectivity index (χ0v) is 13.4. The van der Waals surface area contributed by atoms with Gasteiger partial charge in [-0.2, -0.15) is 10.0 Å². The van der Waals surface area contributed by atoms with Crippen LogP contribution in [0, 0.1) is 0 Å². The van der Waals surface area contributed by atoms with Crippen molar-refractivity contribution in [3.63, 3.8) is 0 Å². The van der Waals surface area contributed by atoms with E-state index in [-0.39, 0.29) is 15.4 Å². The minimum absolute atomic E-state index is 0.160. The Hall–Kier alpha value is -2.19. The lowest BCUT2D eigenvalue weighted by Crippen LogP contribution is -2.48. The summed E-state index contributed by atoms with van der Waals surface area (Å²) in [5.41, 5.74) is 0.552. The van der Waals surface area contributed by atoms with Crippen LogP contribution in [0.3, 0.4) is 0 Å². The molecule has 0 saturated carbocycles. The number of amides is 3. The normalized spacial score (nSPS) is 19.5. The number of thiocarbonyl (C=S) groups is 1. The van der Waals surface area contributed by atoms with Crippen LogP contribution in [0.15, 0.2) is 35.4 Å². The highest BCUT2D eigenvalue weighted by molar-refractivity contribution is 8.26. The van der Waals surface area contributed by atoms with Gasteiger partial charge in [0.05, 0.1) is 16.0 Å². The Labute approximate surface area is 136 Å². The van der Waals surface area contributed by atoms with Crippen LogP contribution >= 0.6 is 24.0 Å². The molecule has 0 bridgehead atoms. The van der Waals surface area contributed by atoms with Gasteiger partial charge in [-0.3, -0.25) is 14.4 Å². The lowest BCUT2D eigenvalue weighted by Gasteiger charge is -2.23. The van der Waals surface area contributed by atoms with Gasteiger partial charge in [-0.25, -0.2) is 0 Å². The lowest BCUT2D eigenvalue weighted by atomic mass is 10.1. The van der Waals surface area contributed by atoms with E-state index in [1.165, 1.54) is 0 Å². The second kappa shape index (κ2) is 5.22. The summed E-state index contributed by atoms with van der Waals surface area (Å²) in [6, 6.07) is 6.46. The number of fused-ring (bicyclic) bond motifs is 1. The van der Waals surface area contributed by atoms with Gasteiger partial charge in [-0.15, -0.1) is 0 Å². The Morgan fingerprint density at radius 2 is 1.55 bits per heavy atom. The van der Waals surface area contributed by atoms with E-state index in [0.29, 0.717) is 4.91 Å². The lowest BCUT2D eigenvalue weighted by molar-refractivity contribution is -0.128. The second-order valence-electron chi connectivity index (χ2n) is 4.91. The molecule has 22 heavy (non-hydrogen) atoms. The average Bonchev–Trinajstić information content (AvgIpc) is 2.87. The van der Waals surface area contributed by atoms with Crippen LogP contribution in [0.2, 0.25) is 0 Å². The highest BCUT2D eigenvalue weighted by Crippen LogP contribution is 2.35. The molecule has 6 nitrogen and oxygen atoms in total. The molecule has 0 aliphatic carbocycles. The van der Waals surface area contributed by atoms with E-state index in [9.17, 15) is 14.4 Å². The van der Waals surface area contributed by atoms with Crippen molar-refractivity contribution in [2.24, 2.45) is 0 Å². The Morgan fingerprint density at radius 1 is 1.00 bits per heavy atom. The summed E-state index contributed by atoms with van der Waals surface area (Å²) in [5, 5.41) is 1.79. The van der Waals surface area contributed by atoms with Crippen LogP contribution in [0.5, 0.6) is 0 Å². The number of carbonyl (C=O) groups excluding carboxylic acids is 3. The minimum Gasteiger partial charge on any atom is -0.382 e. The Balaban J connectivity index is 2.00. The summed E-state index contributed by atoms with van der Waals surface area (Å²) < 4.78 is 0.160. The van der Waals surface area contributed by atoms with E-state index in [0.717, 1.165) is 21.8 Å². The Morgan fingerprint density at radius 3 is 2.05 bits per heavy atom. The molecule has 2 aliphatic rings. The van der Waals surface area contributed by atoms with Gasteiger partial charge in [0, 0.05) is 20.3 Å². The SMILES string of the molecule is CN(C)/C=C1\SC(=S)N(N2C(=O)c3ccccc3C2=O)C1=O. The maximum absolute atomic E-state index is 12.5.